The van der Waals surface area contributed by atoms with E-state index in [-0.39, 0.29) is 11.6 Å². The van der Waals surface area contributed by atoms with E-state index in [0.717, 1.165) is 0 Å². The third-order valence-corrected chi connectivity index (χ3v) is 4.30. The van der Waals surface area contributed by atoms with Crippen LogP contribution in [0.25, 0.3) is 0 Å². The number of aromatic nitrogens is 1. The Kier molecular flexibility index (Phi) is 5.17. The highest BCUT2D eigenvalue weighted by molar-refractivity contribution is 7.88. The fraction of sp³-hybridized carbons (Fsp3) is 0.231. The van der Waals surface area contributed by atoms with Gasteiger partial charge in [-0.05, 0) is 18.6 Å². The molecule has 1 heterocycles. The Morgan fingerprint density at radius 1 is 1.36 bits per heavy atom. The van der Waals surface area contributed by atoms with Gasteiger partial charge in [-0.1, -0.05) is 35.0 Å². The molecule has 0 saturated carbocycles. The fourth-order valence-corrected chi connectivity index (χ4v) is 3.06. The molecule has 0 spiro atoms. The molecule has 0 unspecified atom stereocenters. The number of sulfonamides is 1. The van der Waals surface area contributed by atoms with Crippen LogP contribution in [0, 0.1) is 6.92 Å². The maximum absolute atomic E-state index is 11.9. The van der Waals surface area contributed by atoms with Crippen LogP contribution in [0.1, 0.15) is 11.3 Å². The summed E-state index contributed by atoms with van der Waals surface area (Å²) in [4.78, 5) is 11.6. The largest absolute Gasteiger partial charge is 0.360 e. The van der Waals surface area contributed by atoms with Gasteiger partial charge in [-0.3, -0.25) is 4.79 Å². The summed E-state index contributed by atoms with van der Waals surface area (Å²) in [6.45, 7) is 1.27. The minimum absolute atomic E-state index is 0.229. The van der Waals surface area contributed by atoms with Crippen LogP contribution in [0.3, 0.4) is 0 Å². The molecule has 9 heteroatoms. The molecule has 118 valence electrons. The van der Waals surface area contributed by atoms with Crippen molar-refractivity contribution in [2.75, 3.05) is 11.9 Å². The normalized spacial score (nSPS) is 11.4. The lowest BCUT2D eigenvalue weighted by Crippen LogP contribution is -2.33. The summed E-state index contributed by atoms with van der Waals surface area (Å²) >= 11 is 5.91. The number of hydrogen-bond acceptors (Lipinski definition) is 5. The van der Waals surface area contributed by atoms with Crippen molar-refractivity contribution in [3.05, 3.63) is 46.7 Å². The van der Waals surface area contributed by atoms with Crippen molar-refractivity contribution in [3.63, 3.8) is 0 Å². The number of halogens is 1. The summed E-state index contributed by atoms with van der Waals surface area (Å²) in [6.07, 6.45) is 0. The molecule has 1 aromatic carbocycles. The van der Waals surface area contributed by atoms with E-state index < -0.39 is 22.5 Å². The molecule has 2 aromatic rings. The van der Waals surface area contributed by atoms with Crippen molar-refractivity contribution in [1.29, 1.82) is 0 Å². The summed E-state index contributed by atoms with van der Waals surface area (Å²) in [5, 5.41) is 6.35. The van der Waals surface area contributed by atoms with E-state index in [1.165, 1.54) is 6.07 Å². The molecule has 1 amide bonds. The van der Waals surface area contributed by atoms with Gasteiger partial charge in [0.2, 0.25) is 15.9 Å². The second kappa shape index (κ2) is 6.91. The van der Waals surface area contributed by atoms with E-state index in [1.54, 1.807) is 31.2 Å². The zero-order chi connectivity index (χ0) is 16.2. The smallest absolute Gasteiger partial charge is 0.240 e. The van der Waals surface area contributed by atoms with Gasteiger partial charge in [-0.25, -0.2) is 13.1 Å². The maximum Gasteiger partial charge on any atom is 0.240 e. The summed E-state index contributed by atoms with van der Waals surface area (Å²) in [6, 6.07) is 8.14. The minimum Gasteiger partial charge on any atom is -0.360 e. The number of nitrogens with one attached hydrogen (secondary N) is 2. The van der Waals surface area contributed by atoms with Crippen LogP contribution in [0.15, 0.2) is 34.9 Å². The van der Waals surface area contributed by atoms with Gasteiger partial charge in [0.25, 0.3) is 0 Å². The van der Waals surface area contributed by atoms with E-state index in [1.807, 2.05) is 0 Å². The second-order valence-corrected chi connectivity index (χ2v) is 6.76. The first-order chi connectivity index (χ1) is 10.4. The van der Waals surface area contributed by atoms with Crippen molar-refractivity contribution in [2.24, 2.45) is 0 Å². The topological polar surface area (TPSA) is 101 Å². The van der Waals surface area contributed by atoms with Crippen molar-refractivity contribution in [1.82, 2.24) is 9.88 Å². The van der Waals surface area contributed by atoms with Crippen molar-refractivity contribution in [2.45, 2.75) is 12.7 Å². The van der Waals surface area contributed by atoms with Crippen molar-refractivity contribution in [3.8, 4) is 0 Å². The molecule has 0 aliphatic rings. The molecule has 0 aliphatic carbocycles. The highest BCUT2D eigenvalue weighted by Gasteiger charge is 2.15. The van der Waals surface area contributed by atoms with Crippen LogP contribution in [0.2, 0.25) is 5.02 Å². The molecule has 22 heavy (non-hydrogen) atoms. The molecule has 0 saturated heterocycles. The highest BCUT2D eigenvalue weighted by atomic mass is 35.5. The van der Waals surface area contributed by atoms with Gasteiger partial charge in [-0.2, -0.15) is 0 Å². The number of nitrogens with zero attached hydrogens (tertiary/aromatic N) is 1. The van der Waals surface area contributed by atoms with Crippen molar-refractivity contribution >= 4 is 33.3 Å². The number of carbonyl (C=O) groups is 1. The van der Waals surface area contributed by atoms with Gasteiger partial charge in [-0.15, -0.1) is 0 Å². The van der Waals surface area contributed by atoms with Gasteiger partial charge >= 0.3 is 0 Å². The average molecular weight is 344 g/mol. The molecule has 2 rings (SSSR count). The third-order valence-electron chi connectivity index (χ3n) is 2.65. The minimum atomic E-state index is -3.68. The number of carbonyl (C=O) groups excluding carboxylic acids is 1. The second-order valence-electron chi connectivity index (χ2n) is 4.54. The number of hydrogen-bond donors (Lipinski definition) is 2. The van der Waals surface area contributed by atoms with Crippen molar-refractivity contribution < 1.29 is 17.7 Å². The lowest BCUT2D eigenvalue weighted by molar-refractivity contribution is -0.115. The van der Waals surface area contributed by atoms with E-state index in [9.17, 15) is 13.2 Å². The summed E-state index contributed by atoms with van der Waals surface area (Å²) in [5.74, 6) is -0.0818. The zero-order valence-electron chi connectivity index (χ0n) is 11.7. The summed E-state index contributed by atoms with van der Waals surface area (Å²) in [7, 11) is -3.68. The first-order valence-corrected chi connectivity index (χ1v) is 8.33. The Balaban J connectivity index is 1.89. The Hall–Kier alpha value is -1.90. The fourth-order valence-electron chi connectivity index (χ4n) is 1.66. The highest BCUT2D eigenvalue weighted by Crippen LogP contribution is 2.17. The average Bonchev–Trinajstić information content (AvgIpc) is 2.84. The molecule has 0 fully saturated rings. The van der Waals surface area contributed by atoms with Crippen LogP contribution in [-0.4, -0.2) is 26.0 Å². The van der Waals surface area contributed by atoms with Gasteiger partial charge in [0.15, 0.2) is 5.82 Å². The van der Waals surface area contributed by atoms with Crippen LogP contribution in [-0.2, 0) is 20.6 Å². The number of amides is 1. The predicted molar refractivity (Wildman–Crippen MR) is 81.9 cm³/mol. The number of aryl methyl sites for hydroxylation is 1. The van der Waals surface area contributed by atoms with Gasteiger partial charge < -0.3 is 9.84 Å². The molecular formula is C13H14ClN3O4S. The lowest BCUT2D eigenvalue weighted by Gasteiger charge is -2.07. The van der Waals surface area contributed by atoms with Crippen LogP contribution in [0.5, 0.6) is 0 Å². The Morgan fingerprint density at radius 3 is 2.73 bits per heavy atom. The quantitative estimate of drug-likeness (QED) is 0.831. The standard InChI is InChI=1S/C13H14ClN3O4S/c1-9-6-12(17-21-9)16-13(18)7-15-22(19,20)8-10-4-2-3-5-11(10)14/h2-6,15H,7-8H2,1H3,(H,16,17,18). The van der Waals surface area contributed by atoms with E-state index in [4.69, 9.17) is 16.1 Å². The van der Waals surface area contributed by atoms with E-state index in [2.05, 4.69) is 15.2 Å². The van der Waals surface area contributed by atoms with E-state index in [0.29, 0.717) is 16.3 Å². The summed E-state index contributed by atoms with van der Waals surface area (Å²) in [5.41, 5.74) is 0.462. The molecule has 1 aromatic heterocycles. The predicted octanol–water partition coefficient (Wildman–Crippen LogP) is 1.69. The SMILES string of the molecule is Cc1cc(NC(=O)CNS(=O)(=O)Cc2ccccc2Cl)no1. The summed E-state index contributed by atoms with van der Waals surface area (Å²) < 4.78 is 30.8. The molecule has 0 bridgehead atoms. The van der Waals surface area contributed by atoms with Crippen LogP contribution >= 0.6 is 11.6 Å². The van der Waals surface area contributed by atoms with Gasteiger partial charge in [0.1, 0.15) is 5.76 Å². The van der Waals surface area contributed by atoms with E-state index >= 15 is 0 Å². The Morgan fingerprint density at radius 2 is 2.09 bits per heavy atom. The monoisotopic (exact) mass is 343 g/mol. The first kappa shape index (κ1) is 16.5. The molecule has 2 N–H and O–H groups in total. The number of rotatable bonds is 6. The molecule has 0 atom stereocenters. The van der Waals surface area contributed by atoms with Crippen LogP contribution in [0.4, 0.5) is 5.82 Å². The van der Waals surface area contributed by atoms with Crippen LogP contribution < -0.4 is 10.0 Å². The maximum atomic E-state index is 11.9. The van der Waals surface area contributed by atoms with Gasteiger partial charge in [0.05, 0.1) is 12.3 Å². The third kappa shape index (κ3) is 4.83. The lowest BCUT2D eigenvalue weighted by atomic mass is 10.2. The first-order valence-electron chi connectivity index (χ1n) is 6.29. The molecule has 7 nitrogen and oxygen atoms in total. The Labute approximate surface area is 132 Å². The number of benzene rings is 1. The Bertz CT molecular complexity index is 773. The van der Waals surface area contributed by atoms with Gasteiger partial charge in [0, 0.05) is 11.1 Å². The molecule has 0 radical (unpaired) electrons. The number of anilines is 1. The molecular weight excluding hydrogens is 330 g/mol. The zero-order valence-corrected chi connectivity index (χ0v) is 13.2. The molecule has 0 aliphatic heterocycles.